The SMILES string of the molecule is CC12CCC(C(=O)Nc3cccc(C(F)(F)F)c3)(CC1=NOC(=O)c1cccc([N+](=O)[O-])c1)C2(C)C. The molecule has 2 aromatic rings. The van der Waals surface area contributed by atoms with Gasteiger partial charge in [-0.3, -0.25) is 14.9 Å². The number of amides is 1. The zero-order valence-electron chi connectivity index (χ0n) is 19.8. The normalized spacial score (nSPS) is 25.6. The van der Waals surface area contributed by atoms with Crippen molar-refractivity contribution >= 4 is 29.0 Å². The number of carbonyl (C=O) groups excluding carboxylic acids is 2. The van der Waals surface area contributed by atoms with Gasteiger partial charge < -0.3 is 10.2 Å². The Balaban J connectivity index is 1.58. The maximum absolute atomic E-state index is 13.5. The molecule has 8 nitrogen and oxygen atoms in total. The topological polar surface area (TPSA) is 111 Å². The molecule has 0 spiro atoms. The van der Waals surface area contributed by atoms with E-state index in [-0.39, 0.29) is 23.4 Å². The largest absolute Gasteiger partial charge is 0.416 e. The van der Waals surface area contributed by atoms with Gasteiger partial charge in [0.05, 0.1) is 27.2 Å². The lowest BCUT2D eigenvalue weighted by molar-refractivity contribution is -0.384. The van der Waals surface area contributed by atoms with E-state index in [1.54, 1.807) is 0 Å². The molecule has 0 aromatic heterocycles. The first-order chi connectivity index (χ1) is 16.7. The van der Waals surface area contributed by atoms with Gasteiger partial charge in [-0.05, 0) is 42.5 Å². The minimum atomic E-state index is -4.54. The van der Waals surface area contributed by atoms with Crippen LogP contribution in [0, 0.1) is 26.4 Å². The Morgan fingerprint density at radius 1 is 1.08 bits per heavy atom. The second-order valence-corrected chi connectivity index (χ2v) is 9.97. The van der Waals surface area contributed by atoms with E-state index in [0.717, 1.165) is 18.2 Å². The molecule has 0 saturated heterocycles. The van der Waals surface area contributed by atoms with Gasteiger partial charge in [0.25, 0.3) is 5.69 Å². The van der Waals surface area contributed by atoms with Crippen molar-refractivity contribution in [2.75, 3.05) is 5.32 Å². The minimum Gasteiger partial charge on any atom is -0.326 e. The number of hydrogen-bond acceptors (Lipinski definition) is 6. The molecule has 2 aliphatic carbocycles. The number of anilines is 1. The van der Waals surface area contributed by atoms with Gasteiger partial charge in [0.1, 0.15) is 0 Å². The third-order valence-corrected chi connectivity index (χ3v) is 8.15. The fourth-order valence-electron chi connectivity index (χ4n) is 5.44. The molecule has 0 radical (unpaired) electrons. The predicted molar refractivity (Wildman–Crippen MR) is 124 cm³/mol. The second-order valence-electron chi connectivity index (χ2n) is 9.97. The van der Waals surface area contributed by atoms with Gasteiger partial charge >= 0.3 is 12.1 Å². The van der Waals surface area contributed by atoms with Crippen molar-refractivity contribution < 1.29 is 32.5 Å². The summed E-state index contributed by atoms with van der Waals surface area (Å²) in [7, 11) is 0. The van der Waals surface area contributed by atoms with E-state index >= 15 is 0 Å². The molecule has 2 aliphatic rings. The van der Waals surface area contributed by atoms with Gasteiger partial charge in [-0.2, -0.15) is 13.2 Å². The Morgan fingerprint density at radius 2 is 1.78 bits per heavy atom. The number of nitro groups is 1. The first-order valence-electron chi connectivity index (χ1n) is 11.2. The van der Waals surface area contributed by atoms with Crippen molar-refractivity contribution in [2.45, 2.75) is 46.2 Å². The number of alkyl halides is 3. The summed E-state index contributed by atoms with van der Waals surface area (Å²) in [5.74, 6) is -1.30. The highest BCUT2D eigenvalue weighted by molar-refractivity contribution is 6.06. The lowest BCUT2D eigenvalue weighted by Gasteiger charge is -2.39. The molecule has 2 saturated carbocycles. The Morgan fingerprint density at radius 3 is 2.44 bits per heavy atom. The van der Waals surface area contributed by atoms with Crippen LogP contribution in [0.2, 0.25) is 0 Å². The zero-order chi connectivity index (χ0) is 26.5. The summed E-state index contributed by atoms with van der Waals surface area (Å²) in [6.45, 7) is 5.71. The molecule has 2 fully saturated rings. The number of rotatable bonds is 5. The number of oxime groups is 1. The molecule has 2 bridgehead atoms. The second kappa shape index (κ2) is 8.42. The van der Waals surface area contributed by atoms with E-state index in [1.165, 1.54) is 30.3 Å². The number of nitro benzene ring substituents is 1. The number of non-ortho nitro benzene ring substituents is 1. The number of nitrogens with one attached hydrogen (secondary N) is 1. The van der Waals surface area contributed by atoms with E-state index in [0.29, 0.717) is 18.6 Å². The highest BCUT2D eigenvalue weighted by Gasteiger charge is 2.71. The Kier molecular flexibility index (Phi) is 5.93. The van der Waals surface area contributed by atoms with Crippen LogP contribution in [0.15, 0.2) is 53.7 Å². The van der Waals surface area contributed by atoms with Crippen LogP contribution in [0.3, 0.4) is 0 Å². The molecule has 2 atom stereocenters. The van der Waals surface area contributed by atoms with Crippen LogP contribution in [0.25, 0.3) is 0 Å². The number of carbonyl (C=O) groups is 2. The van der Waals surface area contributed by atoms with E-state index in [9.17, 15) is 32.9 Å². The average Bonchev–Trinajstić information content (AvgIpc) is 3.13. The Hall–Kier alpha value is -3.76. The molecule has 36 heavy (non-hydrogen) atoms. The monoisotopic (exact) mass is 503 g/mol. The number of benzene rings is 2. The number of halogens is 3. The van der Waals surface area contributed by atoms with Crippen LogP contribution >= 0.6 is 0 Å². The van der Waals surface area contributed by atoms with Gasteiger partial charge in [0.2, 0.25) is 5.91 Å². The summed E-state index contributed by atoms with van der Waals surface area (Å²) in [6, 6.07) is 9.50. The molecule has 0 aliphatic heterocycles. The van der Waals surface area contributed by atoms with Crippen LogP contribution < -0.4 is 5.32 Å². The molecule has 1 amide bonds. The summed E-state index contributed by atoms with van der Waals surface area (Å²) >= 11 is 0. The van der Waals surface area contributed by atoms with Crippen LogP contribution in [0.4, 0.5) is 24.5 Å². The zero-order valence-corrected chi connectivity index (χ0v) is 19.8. The van der Waals surface area contributed by atoms with Crippen LogP contribution in [0.1, 0.15) is 56.0 Å². The summed E-state index contributed by atoms with van der Waals surface area (Å²) in [6.07, 6.45) is -3.34. The summed E-state index contributed by atoms with van der Waals surface area (Å²) < 4.78 is 39.3. The maximum Gasteiger partial charge on any atom is 0.416 e. The third kappa shape index (κ3) is 3.92. The molecule has 2 aromatic carbocycles. The van der Waals surface area contributed by atoms with Gasteiger partial charge in [-0.1, -0.05) is 38.1 Å². The Labute approximate surface area is 204 Å². The van der Waals surface area contributed by atoms with E-state index in [1.807, 2.05) is 20.8 Å². The molecule has 1 N–H and O–H groups in total. The first kappa shape index (κ1) is 25.3. The highest BCUT2D eigenvalue weighted by Crippen LogP contribution is 2.71. The predicted octanol–water partition coefficient (Wildman–Crippen LogP) is 5.98. The van der Waals surface area contributed by atoms with Gasteiger partial charge in [-0.15, -0.1) is 0 Å². The standard InChI is InChI=1S/C25H24F3N3O5/c1-22(2)23(3)10-11-24(22,21(33)29-17-8-5-7-16(13-17)25(26,27)28)14-19(23)30-36-20(32)15-6-4-9-18(12-15)31(34)35/h4-9,12-13H,10-11,14H2,1-3H3,(H,29,33). The first-order valence-corrected chi connectivity index (χ1v) is 11.2. The number of hydrogen-bond donors (Lipinski definition) is 1. The lowest BCUT2D eigenvalue weighted by Crippen LogP contribution is -2.43. The fraction of sp³-hybridized carbons (Fsp3) is 0.400. The van der Waals surface area contributed by atoms with Gasteiger partial charge in [0.15, 0.2) is 0 Å². The summed E-state index contributed by atoms with van der Waals surface area (Å²) in [5.41, 5.74) is -2.90. The fourth-order valence-corrected chi connectivity index (χ4v) is 5.44. The quantitative estimate of drug-likeness (QED) is 0.306. The van der Waals surface area contributed by atoms with Crippen molar-refractivity contribution in [1.82, 2.24) is 0 Å². The van der Waals surface area contributed by atoms with Crippen molar-refractivity contribution in [1.29, 1.82) is 0 Å². The van der Waals surface area contributed by atoms with Crippen molar-refractivity contribution in [3.8, 4) is 0 Å². The maximum atomic E-state index is 13.5. The average molecular weight is 503 g/mol. The molecule has 190 valence electrons. The Bertz CT molecular complexity index is 1290. The molecular weight excluding hydrogens is 479 g/mol. The third-order valence-electron chi connectivity index (χ3n) is 8.15. The van der Waals surface area contributed by atoms with Crippen LogP contribution in [-0.4, -0.2) is 22.5 Å². The van der Waals surface area contributed by atoms with E-state index in [4.69, 9.17) is 4.84 Å². The smallest absolute Gasteiger partial charge is 0.326 e. The number of fused-ring (bicyclic) bond motifs is 2. The van der Waals surface area contributed by atoms with Crippen LogP contribution in [-0.2, 0) is 15.8 Å². The molecule has 0 heterocycles. The van der Waals surface area contributed by atoms with Crippen molar-refractivity contribution in [2.24, 2.45) is 21.4 Å². The summed E-state index contributed by atoms with van der Waals surface area (Å²) in [4.78, 5) is 41.5. The van der Waals surface area contributed by atoms with Crippen molar-refractivity contribution in [3.05, 3.63) is 69.8 Å². The van der Waals surface area contributed by atoms with E-state index < -0.39 is 44.8 Å². The lowest BCUT2D eigenvalue weighted by atomic mass is 9.64. The van der Waals surface area contributed by atoms with Gasteiger partial charge in [0, 0.05) is 29.7 Å². The van der Waals surface area contributed by atoms with Gasteiger partial charge in [-0.25, -0.2) is 4.79 Å². The summed E-state index contributed by atoms with van der Waals surface area (Å²) in [5, 5.41) is 17.7. The number of nitrogens with zero attached hydrogens (tertiary/aromatic N) is 2. The van der Waals surface area contributed by atoms with Crippen LogP contribution in [0.5, 0.6) is 0 Å². The van der Waals surface area contributed by atoms with Crippen molar-refractivity contribution in [3.63, 3.8) is 0 Å². The highest BCUT2D eigenvalue weighted by atomic mass is 19.4. The molecule has 4 rings (SSSR count). The molecular formula is C25H24F3N3O5. The molecule has 2 unspecified atom stereocenters. The van der Waals surface area contributed by atoms with E-state index in [2.05, 4.69) is 10.5 Å². The molecule has 11 heteroatoms. The minimum absolute atomic E-state index is 0.0380.